The second-order valence-corrected chi connectivity index (χ2v) is 5.81. The van der Waals surface area contributed by atoms with Crippen LogP contribution >= 0.6 is 23.2 Å². The highest BCUT2D eigenvalue weighted by molar-refractivity contribution is 6.31. The minimum atomic E-state index is -0.322. The maximum atomic E-state index is 11.8. The molecule has 0 radical (unpaired) electrons. The van der Waals surface area contributed by atoms with Crippen molar-refractivity contribution >= 4 is 29.1 Å². The summed E-state index contributed by atoms with van der Waals surface area (Å²) in [6.45, 7) is 1.95. The van der Waals surface area contributed by atoms with Crippen LogP contribution in [0.3, 0.4) is 0 Å². The lowest BCUT2D eigenvalue weighted by Crippen LogP contribution is -2.29. The van der Waals surface area contributed by atoms with E-state index in [0.717, 1.165) is 11.1 Å². The number of amides is 1. The zero-order chi connectivity index (χ0) is 15.4. The zero-order valence-electron chi connectivity index (χ0n) is 11.7. The summed E-state index contributed by atoms with van der Waals surface area (Å²) in [7, 11) is 0. The first-order chi connectivity index (χ1) is 10.0. The van der Waals surface area contributed by atoms with Gasteiger partial charge in [-0.25, -0.2) is 0 Å². The third-order valence-electron chi connectivity index (χ3n) is 3.68. The van der Waals surface area contributed by atoms with Crippen LogP contribution in [0, 0.1) is 5.92 Å². The highest BCUT2D eigenvalue weighted by atomic mass is 35.5. The lowest BCUT2D eigenvalue weighted by molar-refractivity contribution is -0.122. The fourth-order valence-corrected chi connectivity index (χ4v) is 3.01. The topological polar surface area (TPSA) is 43.1 Å². The van der Waals surface area contributed by atoms with Crippen LogP contribution < -0.4 is 5.73 Å². The predicted octanol–water partition coefficient (Wildman–Crippen LogP) is 4.64. The van der Waals surface area contributed by atoms with E-state index in [1.54, 1.807) is 0 Å². The van der Waals surface area contributed by atoms with Crippen molar-refractivity contribution in [2.45, 2.75) is 19.3 Å². The van der Waals surface area contributed by atoms with Crippen LogP contribution in [0.1, 0.15) is 30.4 Å². The molecule has 0 heterocycles. The first kappa shape index (κ1) is 15.9. The molecule has 2 atom stereocenters. The van der Waals surface area contributed by atoms with Gasteiger partial charge in [0, 0.05) is 21.9 Å². The summed E-state index contributed by atoms with van der Waals surface area (Å²) >= 11 is 12.3. The van der Waals surface area contributed by atoms with E-state index in [1.807, 2.05) is 55.5 Å². The van der Waals surface area contributed by atoms with Gasteiger partial charge in [-0.15, -0.1) is 0 Å². The van der Waals surface area contributed by atoms with Gasteiger partial charge in [0.25, 0.3) is 0 Å². The molecule has 2 aromatic carbocycles. The van der Waals surface area contributed by atoms with Gasteiger partial charge in [0.15, 0.2) is 0 Å². The molecule has 0 saturated carbocycles. The highest BCUT2D eigenvalue weighted by Crippen LogP contribution is 2.37. The second-order valence-electron chi connectivity index (χ2n) is 4.97. The van der Waals surface area contributed by atoms with Gasteiger partial charge in [0.05, 0.1) is 0 Å². The average molecular weight is 322 g/mol. The van der Waals surface area contributed by atoms with E-state index < -0.39 is 0 Å². The fraction of sp³-hybridized carbons (Fsp3) is 0.235. The van der Waals surface area contributed by atoms with Crippen LogP contribution in [0.5, 0.6) is 0 Å². The van der Waals surface area contributed by atoms with E-state index in [1.165, 1.54) is 0 Å². The van der Waals surface area contributed by atoms with Gasteiger partial charge in [-0.05, 0) is 35.7 Å². The van der Waals surface area contributed by atoms with Gasteiger partial charge in [-0.1, -0.05) is 60.5 Å². The Balaban J connectivity index is 2.56. The number of hydrogen-bond donors (Lipinski definition) is 1. The molecular weight excluding hydrogens is 305 g/mol. The monoisotopic (exact) mass is 321 g/mol. The minimum absolute atomic E-state index is 0.168. The van der Waals surface area contributed by atoms with E-state index in [0.29, 0.717) is 16.5 Å². The van der Waals surface area contributed by atoms with Crippen molar-refractivity contribution in [3.63, 3.8) is 0 Å². The van der Waals surface area contributed by atoms with Crippen molar-refractivity contribution in [3.8, 4) is 0 Å². The van der Waals surface area contributed by atoms with Gasteiger partial charge in [0.1, 0.15) is 0 Å². The Labute approximate surface area is 134 Å². The Morgan fingerprint density at radius 3 is 2.24 bits per heavy atom. The third kappa shape index (κ3) is 3.58. The second kappa shape index (κ2) is 6.97. The zero-order valence-corrected chi connectivity index (χ0v) is 13.2. The SMILES string of the molecule is CCC(C(N)=O)C(c1ccc(Cl)cc1)c1ccccc1Cl. The predicted molar refractivity (Wildman–Crippen MR) is 87.7 cm³/mol. The molecule has 2 nitrogen and oxygen atoms in total. The summed E-state index contributed by atoms with van der Waals surface area (Å²) in [5.41, 5.74) is 7.49. The van der Waals surface area contributed by atoms with Crippen LogP contribution in [0.25, 0.3) is 0 Å². The minimum Gasteiger partial charge on any atom is -0.369 e. The van der Waals surface area contributed by atoms with Gasteiger partial charge >= 0.3 is 0 Å². The molecule has 4 heteroatoms. The molecule has 0 aliphatic carbocycles. The van der Waals surface area contributed by atoms with Crippen LogP contribution in [-0.2, 0) is 4.79 Å². The Kier molecular flexibility index (Phi) is 5.27. The first-order valence-corrected chi connectivity index (χ1v) is 7.59. The molecule has 2 N–H and O–H groups in total. The maximum absolute atomic E-state index is 11.8. The lowest BCUT2D eigenvalue weighted by Gasteiger charge is -2.25. The summed E-state index contributed by atoms with van der Waals surface area (Å²) in [4.78, 5) is 11.8. The Bertz CT molecular complexity index is 625. The molecule has 0 bridgehead atoms. The number of carbonyl (C=O) groups is 1. The highest BCUT2D eigenvalue weighted by Gasteiger charge is 2.29. The molecule has 1 amide bonds. The van der Waals surface area contributed by atoms with Crippen LogP contribution in [0.15, 0.2) is 48.5 Å². The molecular formula is C17H17Cl2NO. The van der Waals surface area contributed by atoms with Crippen LogP contribution in [0.2, 0.25) is 10.0 Å². The van der Waals surface area contributed by atoms with Crippen molar-refractivity contribution in [3.05, 3.63) is 69.7 Å². The summed E-state index contributed by atoms with van der Waals surface area (Å²) in [5.74, 6) is -0.804. The molecule has 0 spiro atoms. The summed E-state index contributed by atoms with van der Waals surface area (Å²) < 4.78 is 0. The first-order valence-electron chi connectivity index (χ1n) is 6.83. The van der Waals surface area contributed by atoms with Gasteiger partial charge in [-0.2, -0.15) is 0 Å². The van der Waals surface area contributed by atoms with E-state index in [-0.39, 0.29) is 17.7 Å². The summed E-state index contributed by atoms with van der Waals surface area (Å²) in [5, 5.41) is 1.29. The lowest BCUT2D eigenvalue weighted by atomic mass is 9.79. The van der Waals surface area contributed by atoms with Crippen molar-refractivity contribution in [1.82, 2.24) is 0 Å². The molecule has 21 heavy (non-hydrogen) atoms. The molecule has 2 rings (SSSR count). The van der Waals surface area contributed by atoms with Crippen molar-refractivity contribution < 1.29 is 4.79 Å². The normalized spacial score (nSPS) is 13.7. The quantitative estimate of drug-likeness (QED) is 0.856. The largest absolute Gasteiger partial charge is 0.369 e. The van der Waals surface area contributed by atoms with E-state index in [9.17, 15) is 4.79 Å². The Hall–Kier alpha value is -1.51. The third-order valence-corrected chi connectivity index (χ3v) is 4.27. The number of halogens is 2. The van der Waals surface area contributed by atoms with Gasteiger partial charge < -0.3 is 5.73 Å². The van der Waals surface area contributed by atoms with E-state index in [2.05, 4.69) is 0 Å². The van der Waals surface area contributed by atoms with Crippen LogP contribution in [0.4, 0.5) is 0 Å². The van der Waals surface area contributed by atoms with Crippen molar-refractivity contribution in [2.24, 2.45) is 11.7 Å². The van der Waals surface area contributed by atoms with Crippen molar-refractivity contribution in [1.29, 1.82) is 0 Å². The Morgan fingerprint density at radius 2 is 1.71 bits per heavy atom. The smallest absolute Gasteiger partial charge is 0.221 e. The molecule has 2 unspecified atom stereocenters. The number of benzene rings is 2. The number of primary amides is 1. The molecule has 0 aromatic heterocycles. The number of hydrogen-bond acceptors (Lipinski definition) is 1. The molecule has 0 aliphatic heterocycles. The summed E-state index contributed by atoms with van der Waals surface area (Å²) in [6, 6.07) is 15.0. The maximum Gasteiger partial charge on any atom is 0.221 e. The molecule has 0 fully saturated rings. The van der Waals surface area contributed by atoms with Gasteiger partial charge in [-0.3, -0.25) is 4.79 Å². The molecule has 2 aromatic rings. The van der Waals surface area contributed by atoms with E-state index in [4.69, 9.17) is 28.9 Å². The van der Waals surface area contributed by atoms with Gasteiger partial charge in [0.2, 0.25) is 5.91 Å². The number of nitrogens with two attached hydrogens (primary N) is 1. The fourth-order valence-electron chi connectivity index (χ4n) is 2.63. The molecule has 0 saturated heterocycles. The standard InChI is InChI=1S/C17H17Cl2NO/c1-2-13(17(20)21)16(11-7-9-12(18)10-8-11)14-5-3-4-6-15(14)19/h3-10,13,16H,2H2,1H3,(H2,20,21). The molecule has 110 valence electrons. The van der Waals surface area contributed by atoms with Crippen molar-refractivity contribution in [2.75, 3.05) is 0 Å². The number of carbonyl (C=O) groups excluding carboxylic acids is 1. The van der Waals surface area contributed by atoms with E-state index >= 15 is 0 Å². The molecule has 0 aliphatic rings. The van der Waals surface area contributed by atoms with Crippen LogP contribution in [-0.4, -0.2) is 5.91 Å². The Morgan fingerprint density at radius 1 is 1.10 bits per heavy atom. The summed E-state index contributed by atoms with van der Waals surface area (Å²) in [6.07, 6.45) is 0.647. The average Bonchev–Trinajstić information content (AvgIpc) is 2.46. The number of rotatable bonds is 5.